The molecule has 4 rings (SSSR count). The van der Waals surface area contributed by atoms with E-state index in [4.69, 9.17) is 0 Å². The SMILES string of the molecule is CC(C)c1nnc(NC(=O)Cn2nc(N3CCN(c4ccccc4)CC3)ccc2=O)s1. The van der Waals surface area contributed by atoms with Crippen LogP contribution in [-0.4, -0.2) is 52.1 Å². The number of nitrogens with one attached hydrogen (secondary N) is 1. The lowest BCUT2D eigenvalue weighted by atomic mass is 10.2. The highest BCUT2D eigenvalue weighted by atomic mass is 32.1. The minimum absolute atomic E-state index is 0.173. The minimum atomic E-state index is -0.355. The zero-order valence-electron chi connectivity index (χ0n) is 17.6. The number of nitrogens with zero attached hydrogens (tertiary/aromatic N) is 6. The van der Waals surface area contributed by atoms with Crippen molar-refractivity contribution >= 4 is 33.9 Å². The van der Waals surface area contributed by atoms with E-state index in [9.17, 15) is 9.59 Å². The molecule has 1 amide bonds. The number of benzene rings is 1. The van der Waals surface area contributed by atoms with E-state index in [0.29, 0.717) is 10.9 Å². The maximum Gasteiger partial charge on any atom is 0.267 e. The summed E-state index contributed by atoms with van der Waals surface area (Å²) in [5.74, 6) is 0.580. The van der Waals surface area contributed by atoms with Crippen molar-refractivity contribution in [3.8, 4) is 0 Å². The fourth-order valence-corrected chi connectivity index (χ4v) is 4.13. The van der Waals surface area contributed by atoms with Gasteiger partial charge in [0.1, 0.15) is 17.4 Å². The molecule has 0 aliphatic carbocycles. The number of amides is 1. The van der Waals surface area contributed by atoms with Crippen LogP contribution in [0.2, 0.25) is 0 Å². The molecule has 0 atom stereocenters. The largest absolute Gasteiger partial charge is 0.368 e. The summed E-state index contributed by atoms with van der Waals surface area (Å²) in [6, 6.07) is 13.5. The minimum Gasteiger partial charge on any atom is -0.368 e. The molecule has 1 aromatic carbocycles. The van der Waals surface area contributed by atoms with Gasteiger partial charge < -0.3 is 9.80 Å². The number of carbonyl (C=O) groups is 1. The first-order valence-electron chi connectivity index (χ1n) is 10.3. The van der Waals surface area contributed by atoms with Gasteiger partial charge in [0, 0.05) is 43.9 Å². The van der Waals surface area contributed by atoms with E-state index in [-0.39, 0.29) is 23.9 Å². The maximum atomic E-state index is 12.4. The third kappa shape index (κ3) is 5.08. The molecule has 1 saturated heterocycles. The Morgan fingerprint density at radius 1 is 1.03 bits per heavy atom. The molecular weight excluding hydrogens is 414 g/mol. The lowest BCUT2D eigenvalue weighted by Crippen LogP contribution is -2.47. The zero-order valence-corrected chi connectivity index (χ0v) is 18.4. The Hall–Kier alpha value is -3.27. The van der Waals surface area contributed by atoms with Crippen LogP contribution in [0.5, 0.6) is 0 Å². The molecule has 2 aromatic heterocycles. The van der Waals surface area contributed by atoms with Gasteiger partial charge in [-0.1, -0.05) is 43.4 Å². The van der Waals surface area contributed by atoms with Gasteiger partial charge in [0.2, 0.25) is 11.0 Å². The third-order valence-electron chi connectivity index (χ3n) is 5.05. The van der Waals surface area contributed by atoms with Gasteiger partial charge in [-0.3, -0.25) is 14.9 Å². The van der Waals surface area contributed by atoms with Gasteiger partial charge in [-0.25, -0.2) is 4.68 Å². The second kappa shape index (κ2) is 9.25. The number of hydrogen-bond acceptors (Lipinski definition) is 8. The fraction of sp³-hybridized carbons (Fsp3) is 0.381. The second-order valence-corrected chi connectivity index (χ2v) is 8.65. The number of aromatic nitrogens is 4. The smallest absolute Gasteiger partial charge is 0.267 e. The molecule has 1 aliphatic rings. The molecule has 10 heteroatoms. The highest BCUT2D eigenvalue weighted by molar-refractivity contribution is 7.15. The molecule has 1 fully saturated rings. The lowest BCUT2D eigenvalue weighted by Gasteiger charge is -2.36. The topological polar surface area (TPSA) is 96.2 Å². The summed E-state index contributed by atoms with van der Waals surface area (Å²) in [6.45, 7) is 7.15. The molecule has 0 bridgehead atoms. The fourth-order valence-electron chi connectivity index (χ4n) is 3.37. The van der Waals surface area contributed by atoms with Gasteiger partial charge in [0.25, 0.3) is 5.56 Å². The number of carbonyl (C=O) groups excluding carboxylic acids is 1. The molecule has 0 unspecified atom stereocenters. The Morgan fingerprint density at radius 3 is 2.42 bits per heavy atom. The standard InChI is InChI=1S/C21H25N7O2S/c1-15(2)20-23-24-21(31-20)22-18(29)14-28-19(30)9-8-17(25-28)27-12-10-26(11-13-27)16-6-4-3-5-7-16/h3-9,15H,10-14H2,1-2H3,(H,22,24,29). The van der Waals surface area contributed by atoms with Crippen molar-refractivity contribution in [1.82, 2.24) is 20.0 Å². The average Bonchev–Trinajstić information content (AvgIpc) is 3.25. The Morgan fingerprint density at radius 2 is 1.74 bits per heavy atom. The van der Waals surface area contributed by atoms with E-state index >= 15 is 0 Å². The van der Waals surface area contributed by atoms with Crippen LogP contribution in [0.15, 0.2) is 47.3 Å². The first-order valence-corrected chi connectivity index (χ1v) is 11.1. The van der Waals surface area contributed by atoms with Gasteiger partial charge in [0.05, 0.1) is 0 Å². The van der Waals surface area contributed by atoms with Crippen molar-refractivity contribution in [3.05, 3.63) is 57.8 Å². The number of para-hydroxylation sites is 1. The Bertz CT molecular complexity index is 1090. The predicted octanol–water partition coefficient (Wildman–Crippen LogP) is 2.18. The average molecular weight is 440 g/mol. The number of hydrogen-bond donors (Lipinski definition) is 1. The summed E-state index contributed by atoms with van der Waals surface area (Å²) < 4.78 is 1.19. The molecule has 9 nitrogen and oxygen atoms in total. The first kappa shape index (κ1) is 21.0. The van der Waals surface area contributed by atoms with Crippen LogP contribution in [-0.2, 0) is 11.3 Å². The summed E-state index contributed by atoms with van der Waals surface area (Å²) >= 11 is 1.33. The van der Waals surface area contributed by atoms with Crippen LogP contribution in [0.25, 0.3) is 0 Å². The van der Waals surface area contributed by atoms with E-state index in [2.05, 4.69) is 42.5 Å². The quantitative estimate of drug-likeness (QED) is 0.629. The second-order valence-electron chi connectivity index (χ2n) is 7.65. The highest BCUT2D eigenvalue weighted by Gasteiger charge is 2.19. The van der Waals surface area contributed by atoms with Crippen molar-refractivity contribution in [2.45, 2.75) is 26.3 Å². The van der Waals surface area contributed by atoms with Crippen LogP contribution in [0.4, 0.5) is 16.6 Å². The number of anilines is 3. The van der Waals surface area contributed by atoms with Crippen molar-refractivity contribution in [2.75, 3.05) is 41.3 Å². The van der Waals surface area contributed by atoms with Crippen LogP contribution >= 0.6 is 11.3 Å². The molecule has 0 saturated carbocycles. The van der Waals surface area contributed by atoms with Crippen molar-refractivity contribution in [2.24, 2.45) is 0 Å². The van der Waals surface area contributed by atoms with E-state index in [1.807, 2.05) is 32.0 Å². The molecule has 0 spiro atoms. The van der Waals surface area contributed by atoms with Crippen molar-refractivity contribution in [3.63, 3.8) is 0 Å². The lowest BCUT2D eigenvalue weighted by molar-refractivity contribution is -0.117. The van der Waals surface area contributed by atoms with Crippen LogP contribution in [0, 0.1) is 0 Å². The summed E-state index contributed by atoms with van der Waals surface area (Å²) in [4.78, 5) is 29.1. The number of rotatable bonds is 6. The molecule has 3 aromatic rings. The van der Waals surface area contributed by atoms with E-state index in [1.54, 1.807) is 6.07 Å². The Balaban J connectivity index is 1.39. The van der Waals surface area contributed by atoms with Gasteiger partial charge in [0.15, 0.2) is 0 Å². The van der Waals surface area contributed by atoms with E-state index < -0.39 is 0 Å². The van der Waals surface area contributed by atoms with E-state index in [0.717, 1.165) is 31.2 Å². The monoisotopic (exact) mass is 439 g/mol. The summed E-state index contributed by atoms with van der Waals surface area (Å²) in [7, 11) is 0. The summed E-state index contributed by atoms with van der Waals surface area (Å²) in [5.41, 5.74) is 0.885. The van der Waals surface area contributed by atoms with Gasteiger partial charge in [-0.15, -0.1) is 10.2 Å². The van der Waals surface area contributed by atoms with Gasteiger partial charge in [-0.2, -0.15) is 5.10 Å². The normalized spacial score (nSPS) is 14.2. The number of piperazine rings is 1. The molecular formula is C21H25N7O2S. The first-order chi connectivity index (χ1) is 15.0. The molecule has 1 N–H and O–H groups in total. The Kier molecular flexibility index (Phi) is 6.26. The molecule has 31 heavy (non-hydrogen) atoms. The molecule has 0 radical (unpaired) electrons. The summed E-state index contributed by atoms with van der Waals surface area (Å²) in [5, 5.41) is 16.4. The maximum absolute atomic E-state index is 12.4. The van der Waals surface area contributed by atoms with Crippen molar-refractivity contribution in [1.29, 1.82) is 0 Å². The molecule has 3 heterocycles. The van der Waals surface area contributed by atoms with Crippen molar-refractivity contribution < 1.29 is 4.79 Å². The zero-order chi connectivity index (χ0) is 21.8. The molecule has 1 aliphatic heterocycles. The van der Waals surface area contributed by atoms with E-state index in [1.165, 1.54) is 27.8 Å². The van der Waals surface area contributed by atoms with Gasteiger partial charge >= 0.3 is 0 Å². The van der Waals surface area contributed by atoms with Gasteiger partial charge in [-0.05, 0) is 18.2 Å². The third-order valence-corrected chi connectivity index (χ3v) is 6.19. The van der Waals surface area contributed by atoms with Crippen LogP contribution in [0.1, 0.15) is 24.8 Å². The van der Waals surface area contributed by atoms with Crippen LogP contribution in [0.3, 0.4) is 0 Å². The Labute approximate surface area is 184 Å². The molecule has 162 valence electrons. The van der Waals surface area contributed by atoms with Crippen LogP contribution < -0.4 is 20.7 Å². The summed E-state index contributed by atoms with van der Waals surface area (Å²) in [6.07, 6.45) is 0. The highest BCUT2D eigenvalue weighted by Crippen LogP contribution is 2.22. The predicted molar refractivity (Wildman–Crippen MR) is 122 cm³/mol.